The fourth-order valence-electron chi connectivity index (χ4n) is 0.880. The molecule has 1 aromatic rings. The van der Waals surface area contributed by atoms with Gasteiger partial charge in [0.1, 0.15) is 6.10 Å². The molecule has 8 heteroatoms. The van der Waals surface area contributed by atoms with E-state index >= 15 is 0 Å². The molecule has 0 amide bonds. The monoisotopic (exact) mass is 259 g/mol. The van der Waals surface area contributed by atoms with Gasteiger partial charge in [-0.2, -0.15) is 0 Å². The van der Waals surface area contributed by atoms with Gasteiger partial charge in [-0.3, -0.25) is 4.98 Å². The number of nitrogens with zero attached hydrogens (tertiary/aromatic N) is 1. The van der Waals surface area contributed by atoms with Crippen molar-refractivity contribution in [2.24, 2.45) is 0 Å². The van der Waals surface area contributed by atoms with Crippen molar-refractivity contribution in [2.75, 3.05) is 0 Å². The Kier molecular flexibility index (Phi) is 9.87. The molecule has 0 bridgehead atoms. The number of rotatable bonds is 3. The van der Waals surface area contributed by atoms with Gasteiger partial charge in [0.25, 0.3) is 0 Å². The fraction of sp³-hybridized carbons (Fsp3) is 0.125. The van der Waals surface area contributed by atoms with Crippen LogP contribution >= 0.6 is 7.60 Å². The summed E-state index contributed by atoms with van der Waals surface area (Å²) in [6.45, 7) is 3.04. The summed E-state index contributed by atoms with van der Waals surface area (Å²) in [4.78, 5) is 24.8. The minimum Gasteiger partial charge on any atom is -0.808 e. The fourth-order valence-corrected chi connectivity index (χ4v) is 1.33. The normalized spacial score (nSPS) is 11.9. The van der Waals surface area contributed by atoms with Crippen molar-refractivity contribution in [3.63, 3.8) is 0 Å². The minimum absolute atomic E-state index is 0. The summed E-state index contributed by atoms with van der Waals surface area (Å²) >= 11 is 0. The minimum atomic E-state index is -4.95. The van der Waals surface area contributed by atoms with Crippen molar-refractivity contribution in [1.82, 2.24) is 4.98 Å². The largest absolute Gasteiger partial charge is 1.00 e. The second-order valence-corrected chi connectivity index (χ2v) is 4.25. The number of aliphatic hydroxyl groups is 1. The molecule has 0 aliphatic heterocycles. The molecule has 1 atom stereocenters. The number of hydrogen-bond acceptors (Lipinski definition) is 5. The van der Waals surface area contributed by atoms with E-state index in [0.29, 0.717) is 0 Å². The molecule has 0 saturated carbocycles. The van der Waals surface area contributed by atoms with Crippen LogP contribution in [0.2, 0.25) is 0 Å². The molecule has 0 aliphatic carbocycles. The summed E-state index contributed by atoms with van der Waals surface area (Å²) in [5.41, 5.74) is 0.226. The van der Waals surface area contributed by atoms with Crippen molar-refractivity contribution in [3.05, 3.63) is 42.0 Å². The van der Waals surface area contributed by atoms with Gasteiger partial charge < -0.3 is 19.5 Å². The summed E-state index contributed by atoms with van der Waals surface area (Å²) < 4.78 is 10.5. The van der Waals surface area contributed by atoms with Gasteiger partial charge in [-0.1, -0.05) is 12.6 Å². The van der Waals surface area contributed by atoms with E-state index in [4.69, 9.17) is 0 Å². The molecule has 0 aliphatic rings. The average molecular weight is 259 g/mol. The second kappa shape index (κ2) is 8.16. The molecular formula is C8H8NNa2O4P. The van der Waals surface area contributed by atoms with Crippen LogP contribution < -0.4 is 68.9 Å². The van der Waals surface area contributed by atoms with Crippen LogP contribution in [-0.2, 0) is 4.57 Å². The number of aliphatic hydroxyl groups excluding tert-OH is 1. The van der Waals surface area contributed by atoms with E-state index in [1.165, 1.54) is 24.5 Å². The molecular weight excluding hydrogens is 251 g/mol. The first-order valence-corrected chi connectivity index (χ1v) is 5.26. The van der Waals surface area contributed by atoms with Gasteiger partial charge in [-0.15, -0.1) is 0 Å². The van der Waals surface area contributed by atoms with Gasteiger partial charge >= 0.3 is 59.1 Å². The Morgan fingerprint density at radius 2 is 2.06 bits per heavy atom. The van der Waals surface area contributed by atoms with E-state index in [9.17, 15) is 19.5 Å². The molecule has 1 N–H and O–H groups in total. The maximum Gasteiger partial charge on any atom is 1.00 e. The van der Waals surface area contributed by atoms with Crippen LogP contribution in [0, 0.1) is 0 Å². The SMILES string of the molecule is C=C(C(O)c1cccnc1)P(=O)([O-])[O-].[Na+].[Na+]. The van der Waals surface area contributed by atoms with E-state index in [0.717, 1.165) is 0 Å². The van der Waals surface area contributed by atoms with E-state index in [2.05, 4.69) is 11.6 Å². The standard InChI is InChI=1S/C8H10NO4P.2Na/c1-6(14(11,12)13)8(10)7-3-2-4-9-5-7;;/h2-5,8,10H,1H2,(H2,11,12,13);;/q;2*+1/p-2. The van der Waals surface area contributed by atoms with E-state index < -0.39 is 19.0 Å². The molecule has 0 aromatic carbocycles. The van der Waals surface area contributed by atoms with Crippen molar-refractivity contribution in [2.45, 2.75) is 6.10 Å². The molecule has 16 heavy (non-hydrogen) atoms. The van der Waals surface area contributed by atoms with E-state index in [1.807, 2.05) is 0 Å². The summed E-state index contributed by atoms with van der Waals surface area (Å²) in [6.07, 6.45) is 1.22. The summed E-state index contributed by atoms with van der Waals surface area (Å²) in [5, 5.41) is 8.67. The zero-order chi connectivity index (χ0) is 10.8. The zero-order valence-electron chi connectivity index (χ0n) is 9.16. The zero-order valence-corrected chi connectivity index (χ0v) is 14.1. The van der Waals surface area contributed by atoms with Crippen LogP contribution in [0.5, 0.6) is 0 Å². The summed E-state index contributed by atoms with van der Waals surface area (Å²) in [5.74, 6) is 0. The average Bonchev–Trinajstić information content (AvgIpc) is 2.15. The smallest absolute Gasteiger partial charge is 0.808 e. The van der Waals surface area contributed by atoms with Gasteiger partial charge in [0.2, 0.25) is 0 Å². The van der Waals surface area contributed by atoms with Crippen LogP contribution in [0.4, 0.5) is 0 Å². The van der Waals surface area contributed by atoms with E-state index in [1.54, 1.807) is 0 Å². The van der Waals surface area contributed by atoms with Crippen LogP contribution in [-0.4, -0.2) is 10.1 Å². The van der Waals surface area contributed by atoms with Crippen molar-refractivity contribution < 1.29 is 78.6 Å². The first-order chi connectivity index (χ1) is 6.43. The van der Waals surface area contributed by atoms with Crippen LogP contribution in [0.25, 0.3) is 0 Å². The third-order valence-corrected chi connectivity index (χ3v) is 2.62. The van der Waals surface area contributed by atoms with Crippen molar-refractivity contribution >= 4 is 7.60 Å². The Morgan fingerprint density at radius 1 is 1.50 bits per heavy atom. The molecule has 0 radical (unpaired) electrons. The van der Waals surface area contributed by atoms with Gasteiger partial charge in [0.05, 0.1) is 0 Å². The Labute approximate surface area is 138 Å². The third-order valence-electron chi connectivity index (χ3n) is 1.67. The van der Waals surface area contributed by atoms with Crippen LogP contribution in [0.3, 0.4) is 0 Å². The molecule has 0 fully saturated rings. The summed E-state index contributed by atoms with van der Waals surface area (Å²) in [6, 6.07) is 2.98. The molecule has 76 valence electrons. The van der Waals surface area contributed by atoms with Crippen molar-refractivity contribution in [1.29, 1.82) is 0 Å². The molecule has 1 heterocycles. The second-order valence-electron chi connectivity index (χ2n) is 2.68. The number of pyridine rings is 1. The third kappa shape index (κ3) is 5.56. The van der Waals surface area contributed by atoms with E-state index in [-0.39, 0.29) is 64.7 Å². The van der Waals surface area contributed by atoms with Gasteiger partial charge in [0, 0.05) is 18.0 Å². The summed E-state index contributed by atoms with van der Waals surface area (Å²) in [7, 11) is -4.95. The molecule has 1 rings (SSSR count). The predicted octanol–water partition coefficient (Wildman–Crippen LogP) is -6.45. The first kappa shape index (κ1) is 19.3. The molecule has 0 saturated heterocycles. The first-order valence-electron chi connectivity index (χ1n) is 3.72. The van der Waals surface area contributed by atoms with Crippen molar-refractivity contribution in [3.8, 4) is 0 Å². The Balaban J connectivity index is 0. The molecule has 1 aromatic heterocycles. The number of aromatic nitrogens is 1. The van der Waals surface area contributed by atoms with Gasteiger partial charge in [-0.25, -0.2) is 0 Å². The maximum absolute atomic E-state index is 10.5. The molecule has 5 nitrogen and oxygen atoms in total. The predicted molar refractivity (Wildman–Crippen MR) is 45.9 cm³/mol. The van der Waals surface area contributed by atoms with Gasteiger partial charge in [0.15, 0.2) is 0 Å². The maximum atomic E-state index is 10.5. The molecule has 0 spiro atoms. The van der Waals surface area contributed by atoms with Gasteiger partial charge in [-0.05, 0) is 19.0 Å². The number of hydrogen-bond donors (Lipinski definition) is 1. The molecule has 1 unspecified atom stereocenters. The topological polar surface area (TPSA) is 96.3 Å². The van der Waals surface area contributed by atoms with Crippen LogP contribution in [0.1, 0.15) is 11.7 Å². The Hall–Kier alpha value is 1.00. The quantitative estimate of drug-likeness (QED) is 0.430. The Morgan fingerprint density at radius 3 is 2.44 bits per heavy atom. The van der Waals surface area contributed by atoms with Crippen LogP contribution in [0.15, 0.2) is 36.4 Å². The Bertz CT molecular complexity index is 381.